The lowest BCUT2D eigenvalue weighted by Gasteiger charge is -2.25. The van der Waals surface area contributed by atoms with E-state index in [2.05, 4.69) is 98.6 Å². The Morgan fingerprint density at radius 2 is 1.38 bits per heavy atom. The van der Waals surface area contributed by atoms with Crippen LogP contribution >= 0.6 is 27.3 Å². The van der Waals surface area contributed by atoms with E-state index < -0.39 is 0 Å². The van der Waals surface area contributed by atoms with Crippen LogP contribution in [0, 0.1) is 0 Å². The molecular formula is C24H16BrN3S. The first-order valence-corrected chi connectivity index (χ1v) is 10.8. The fraction of sp³-hybridized carbons (Fsp3) is 0. The van der Waals surface area contributed by atoms with Crippen molar-refractivity contribution >= 4 is 54.7 Å². The van der Waals surface area contributed by atoms with Gasteiger partial charge in [0.2, 0.25) is 0 Å². The number of aromatic nitrogens is 2. The summed E-state index contributed by atoms with van der Waals surface area (Å²) in [6, 6.07) is 31.2. The summed E-state index contributed by atoms with van der Waals surface area (Å²) in [4.78, 5) is 12.6. The topological polar surface area (TPSA) is 29.0 Å². The van der Waals surface area contributed by atoms with Gasteiger partial charge in [0.05, 0.1) is 15.7 Å². The molecule has 140 valence electrons. The Labute approximate surface area is 181 Å². The number of hydrogen-bond acceptors (Lipinski definition) is 4. The molecule has 0 saturated heterocycles. The summed E-state index contributed by atoms with van der Waals surface area (Å²) in [7, 11) is 0. The van der Waals surface area contributed by atoms with Crippen molar-refractivity contribution in [1.82, 2.24) is 9.97 Å². The molecule has 29 heavy (non-hydrogen) atoms. The quantitative estimate of drug-likeness (QED) is 0.278. The van der Waals surface area contributed by atoms with Gasteiger partial charge < -0.3 is 4.90 Å². The Morgan fingerprint density at radius 1 is 0.724 bits per heavy atom. The average Bonchev–Trinajstić information content (AvgIpc) is 3.15. The van der Waals surface area contributed by atoms with Crippen molar-refractivity contribution in [3.8, 4) is 11.3 Å². The normalized spacial score (nSPS) is 10.9. The SMILES string of the molecule is Brc1cc2nc(-c3cccc(N(c4ccccc4)c4ccccc4)c3)cnc2s1. The molecule has 0 N–H and O–H groups in total. The lowest BCUT2D eigenvalue weighted by molar-refractivity contribution is 1.27. The van der Waals surface area contributed by atoms with Gasteiger partial charge in [-0.1, -0.05) is 48.5 Å². The highest BCUT2D eigenvalue weighted by molar-refractivity contribution is 9.11. The van der Waals surface area contributed by atoms with Crippen LogP contribution in [0.3, 0.4) is 0 Å². The second-order valence-corrected chi connectivity index (χ2v) is 8.96. The summed E-state index contributed by atoms with van der Waals surface area (Å²) in [6.45, 7) is 0. The summed E-state index contributed by atoms with van der Waals surface area (Å²) in [5.41, 5.74) is 6.11. The van der Waals surface area contributed by atoms with E-state index in [-0.39, 0.29) is 0 Å². The zero-order valence-corrected chi connectivity index (χ0v) is 17.8. The Morgan fingerprint density at radius 3 is 2.07 bits per heavy atom. The molecule has 5 aromatic rings. The van der Waals surface area contributed by atoms with Crippen molar-refractivity contribution < 1.29 is 0 Å². The number of para-hydroxylation sites is 2. The Hall–Kier alpha value is -3.02. The minimum Gasteiger partial charge on any atom is -0.310 e. The van der Waals surface area contributed by atoms with Gasteiger partial charge in [-0.25, -0.2) is 9.97 Å². The highest BCUT2D eigenvalue weighted by atomic mass is 79.9. The number of nitrogens with zero attached hydrogens (tertiary/aromatic N) is 3. The molecule has 0 radical (unpaired) electrons. The van der Waals surface area contributed by atoms with E-state index in [0.29, 0.717) is 0 Å². The molecule has 5 heteroatoms. The molecule has 0 saturated carbocycles. The highest BCUT2D eigenvalue weighted by Crippen LogP contribution is 2.36. The molecule has 0 bridgehead atoms. The van der Waals surface area contributed by atoms with E-state index >= 15 is 0 Å². The molecule has 5 rings (SSSR count). The van der Waals surface area contributed by atoms with Crippen molar-refractivity contribution in [2.75, 3.05) is 4.90 Å². The van der Waals surface area contributed by atoms with Crippen LogP contribution in [0.15, 0.2) is 101 Å². The minimum atomic E-state index is 0.866. The van der Waals surface area contributed by atoms with E-state index in [1.165, 1.54) is 0 Å². The molecule has 2 heterocycles. The number of anilines is 3. The van der Waals surface area contributed by atoms with E-state index in [9.17, 15) is 0 Å². The fourth-order valence-corrected chi connectivity index (χ4v) is 4.69. The molecule has 0 aliphatic carbocycles. The van der Waals surface area contributed by atoms with Crippen LogP contribution in [-0.4, -0.2) is 9.97 Å². The van der Waals surface area contributed by atoms with Crippen LogP contribution in [-0.2, 0) is 0 Å². The van der Waals surface area contributed by atoms with E-state index in [4.69, 9.17) is 4.98 Å². The maximum Gasteiger partial charge on any atom is 0.142 e. The third kappa shape index (κ3) is 3.67. The maximum atomic E-state index is 4.81. The summed E-state index contributed by atoms with van der Waals surface area (Å²) < 4.78 is 1.04. The van der Waals surface area contributed by atoms with E-state index in [1.807, 2.05) is 24.4 Å². The van der Waals surface area contributed by atoms with Gasteiger partial charge in [-0.15, -0.1) is 11.3 Å². The molecule has 0 atom stereocenters. The predicted octanol–water partition coefficient (Wildman–Crippen LogP) is 7.59. The highest BCUT2D eigenvalue weighted by Gasteiger charge is 2.13. The molecule has 0 aliphatic rings. The first kappa shape index (κ1) is 18.0. The third-order valence-electron chi connectivity index (χ3n) is 4.64. The molecule has 0 fully saturated rings. The van der Waals surface area contributed by atoms with Crippen molar-refractivity contribution in [1.29, 1.82) is 0 Å². The minimum absolute atomic E-state index is 0.866. The number of halogens is 1. The second kappa shape index (κ2) is 7.78. The molecule has 3 nitrogen and oxygen atoms in total. The molecule has 0 spiro atoms. The summed E-state index contributed by atoms with van der Waals surface area (Å²) in [6.07, 6.45) is 1.85. The standard InChI is InChI=1S/C24H16BrN3S/c25-23-15-21-24(29-23)26-16-22(27-21)17-8-7-13-20(14-17)28(18-9-3-1-4-10-18)19-11-5-2-6-12-19/h1-16H. The van der Waals surface area contributed by atoms with Gasteiger partial charge in [0, 0.05) is 22.6 Å². The van der Waals surface area contributed by atoms with Crippen molar-refractivity contribution in [3.63, 3.8) is 0 Å². The number of thiophene rings is 1. The molecule has 0 aliphatic heterocycles. The first-order chi connectivity index (χ1) is 14.3. The number of benzene rings is 3. The third-order valence-corrected chi connectivity index (χ3v) is 6.17. The van der Waals surface area contributed by atoms with Crippen LogP contribution in [0.25, 0.3) is 21.6 Å². The smallest absolute Gasteiger partial charge is 0.142 e. The van der Waals surface area contributed by atoms with Crippen LogP contribution in [0.1, 0.15) is 0 Å². The van der Waals surface area contributed by atoms with Crippen LogP contribution < -0.4 is 4.90 Å². The van der Waals surface area contributed by atoms with Crippen molar-refractivity contribution in [2.24, 2.45) is 0 Å². The summed E-state index contributed by atoms with van der Waals surface area (Å²) in [5.74, 6) is 0. The zero-order valence-electron chi connectivity index (χ0n) is 15.4. The Kier molecular flexibility index (Phi) is 4.84. The molecule has 3 aromatic carbocycles. The van der Waals surface area contributed by atoms with E-state index in [0.717, 1.165) is 42.5 Å². The predicted molar refractivity (Wildman–Crippen MR) is 125 cm³/mol. The largest absolute Gasteiger partial charge is 0.310 e. The molecule has 0 unspecified atom stereocenters. The van der Waals surface area contributed by atoms with Crippen molar-refractivity contribution in [3.05, 3.63) is 101 Å². The second-order valence-electron chi connectivity index (χ2n) is 6.55. The molecule has 0 amide bonds. The van der Waals surface area contributed by atoms with Gasteiger partial charge in [0.15, 0.2) is 0 Å². The van der Waals surface area contributed by atoms with E-state index in [1.54, 1.807) is 11.3 Å². The zero-order chi connectivity index (χ0) is 19.6. The van der Waals surface area contributed by atoms with Crippen LogP contribution in [0.5, 0.6) is 0 Å². The Balaban J connectivity index is 1.62. The number of rotatable bonds is 4. The van der Waals surface area contributed by atoms with Gasteiger partial charge in [-0.2, -0.15) is 0 Å². The van der Waals surface area contributed by atoms with Gasteiger partial charge in [-0.05, 0) is 58.4 Å². The maximum absolute atomic E-state index is 4.81. The van der Waals surface area contributed by atoms with Crippen LogP contribution in [0.4, 0.5) is 17.1 Å². The monoisotopic (exact) mass is 457 g/mol. The average molecular weight is 458 g/mol. The van der Waals surface area contributed by atoms with Crippen LogP contribution in [0.2, 0.25) is 0 Å². The lowest BCUT2D eigenvalue weighted by Crippen LogP contribution is -2.09. The van der Waals surface area contributed by atoms with Gasteiger partial charge in [0.25, 0.3) is 0 Å². The van der Waals surface area contributed by atoms with Gasteiger partial charge >= 0.3 is 0 Å². The molecular weight excluding hydrogens is 442 g/mol. The lowest BCUT2D eigenvalue weighted by atomic mass is 10.1. The Bertz CT molecular complexity index is 1230. The number of hydrogen-bond donors (Lipinski definition) is 0. The van der Waals surface area contributed by atoms with Crippen molar-refractivity contribution in [2.45, 2.75) is 0 Å². The fourth-order valence-electron chi connectivity index (χ4n) is 3.34. The number of fused-ring (bicyclic) bond motifs is 1. The van der Waals surface area contributed by atoms with Gasteiger partial charge in [0.1, 0.15) is 10.3 Å². The van der Waals surface area contributed by atoms with Gasteiger partial charge in [-0.3, -0.25) is 0 Å². The summed E-state index contributed by atoms with van der Waals surface area (Å²) in [5, 5.41) is 0. The molecule has 2 aromatic heterocycles. The summed E-state index contributed by atoms with van der Waals surface area (Å²) >= 11 is 5.11. The first-order valence-electron chi connectivity index (χ1n) is 9.21.